The third-order valence-electron chi connectivity index (χ3n) is 5.77. The monoisotopic (exact) mass is 287 g/mol. The topological polar surface area (TPSA) is 23.8 Å². The van der Waals surface area contributed by atoms with Crippen molar-refractivity contribution in [3.8, 4) is 17.2 Å². The van der Waals surface area contributed by atoms with Crippen LogP contribution in [0.3, 0.4) is 0 Å². The summed E-state index contributed by atoms with van der Waals surface area (Å²) in [4.78, 5) is 0. The molecular weight excluding hydrogens is 266 g/mol. The summed E-state index contributed by atoms with van der Waals surface area (Å²) in [6.07, 6.45) is 6.96. The highest BCUT2D eigenvalue weighted by Gasteiger charge is 2.67. The summed E-state index contributed by atoms with van der Waals surface area (Å²) in [6.45, 7) is 2.31. The van der Waals surface area contributed by atoms with E-state index in [0.29, 0.717) is 10.8 Å². The van der Waals surface area contributed by atoms with E-state index in [9.17, 15) is 0 Å². The standard InChI is InChI=1S/C21H21N/c1-2-11-20-13-21(14-20,15-20)19-9-7-18(8-10-19)17-5-3-16(12-22)4-6-17/h3-10H,2,11,13-15H2,1H3. The Morgan fingerprint density at radius 2 is 1.45 bits per heavy atom. The Kier molecular flexibility index (Phi) is 2.91. The zero-order valence-corrected chi connectivity index (χ0v) is 13.1. The van der Waals surface area contributed by atoms with E-state index >= 15 is 0 Å². The van der Waals surface area contributed by atoms with Crippen LogP contribution < -0.4 is 0 Å². The van der Waals surface area contributed by atoms with Crippen molar-refractivity contribution >= 4 is 0 Å². The minimum atomic E-state index is 0.512. The summed E-state index contributed by atoms with van der Waals surface area (Å²) < 4.78 is 0. The number of benzene rings is 2. The van der Waals surface area contributed by atoms with E-state index in [4.69, 9.17) is 5.26 Å². The molecular formula is C21H21N. The Hall–Kier alpha value is -2.07. The lowest BCUT2D eigenvalue weighted by molar-refractivity contribution is -0.146. The van der Waals surface area contributed by atoms with Crippen LogP contribution in [-0.4, -0.2) is 0 Å². The van der Waals surface area contributed by atoms with Crippen LogP contribution in [0, 0.1) is 16.7 Å². The predicted octanol–water partition coefficient (Wildman–Crippen LogP) is 5.45. The molecule has 0 saturated heterocycles. The predicted molar refractivity (Wildman–Crippen MR) is 89.5 cm³/mol. The molecule has 0 amide bonds. The molecule has 3 saturated carbocycles. The van der Waals surface area contributed by atoms with Gasteiger partial charge in [0.1, 0.15) is 0 Å². The molecule has 3 fully saturated rings. The summed E-state index contributed by atoms with van der Waals surface area (Å²) in [5.41, 5.74) is 5.89. The van der Waals surface area contributed by atoms with E-state index in [0.717, 1.165) is 5.56 Å². The van der Waals surface area contributed by atoms with Gasteiger partial charge in [-0.25, -0.2) is 0 Å². The van der Waals surface area contributed by atoms with Crippen LogP contribution in [0.5, 0.6) is 0 Å². The fourth-order valence-corrected chi connectivity index (χ4v) is 4.85. The Balaban J connectivity index is 1.51. The van der Waals surface area contributed by atoms with Crippen LogP contribution in [0.4, 0.5) is 0 Å². The molecule has 0 aromatic heterocycles. The maximum absolute atomic E-state index is 8.87. The summed E-state index contributed by atoms with van der Waals surface area (Å²) in [6, 6.07) is 19.1. The Bertz CT molecular complexity index is 711. The first kappa shape index (κ1) is 13.6. The normalized spacial score (nSPS) is 28.4. The number of hydrogen-bond donors (Lipinski definition) is 0. The van der Waals surface area contributed by atoms with Crippen molar-refractivity contribution in [1.29, 1.82) is 5.26 Å². The smallest absolute Gasteiger partial charge is 0.0991 e. The average molecular weight is 287 g/mol. The lowest BCUT2D eigenvalue weighted by Crippen LogP contribution is -2.64. The SMILES string of the molecule is CCCC12CC(c3ccc(-c4ccc(C#N)cc4)cc3)(C1)C2. The van der Waals surface area contributed by atoms with Gasteiger partial charge in [0.05, 0.1) is 11.6 Å². The van der Waals surface area contributed by atoms with Crippen LogP contribution in [0.15, 0.2) is 48.5 Å². The van der Waals surface area contributed by atoms with Gasteiger partial charge in [0.15, 0.2) is 0 Å². The van der Waals surface area contributed by atoms with Crippen molar-refractivity contribution in [3.05, 3.63) is 59.7 Å². The van der Waals surface area contributed by atoms with Crippen molar-refractivity contribution in [2.75, 3.05) is 0 Å². The summed E-state index contributed by atoms with van der Waals surface area (Å²) in [5, 5.41) is 8.87. The maximum atomic E-state index is 8.87. The van der Waals surface area contributed by atoms with Crippen molar-refractivity contribution < 1.29 is 0 Å². The fourth-order valence-electron chi connectivity index (χ4n) is 4.85. The fraction of sp³-hybridized carbons (Fsp3) is 0.381. The second kappa shape index (κ2) is 4.71. The summed E-state index contributed by atoms with van der Waals surface area (Å²) in [5.74, 6) is 0. The highest BCUT2D eigenvalue weighted by molar-refractivity contribution is 5.65. The summed E-state index contributed by atoms with van der Waals surface area (Å²) in [7, 11) is 0. The van der Waals surface area contributed by atoms with Crippen LogP contribution in [-0.2, 0) is 5.41 Å². The summed E-state index contributed by atoms with van der Waals surface area (Å²) >= 11 is 0. The van der Waals surface area contributed by atoms with Gasteiger partial charge < -0.3 is 0 Å². The van der Waals surface area contributed by atoms with Gasteiger partial charge in [-0.05, 0) is 65.3 Å². The highest BCUT2D eigenvalue weighted by Crippen LogP contribution is 2.75. The van der Waals surface area contributed by atoms with E-state index in [1.807, 2.05) is 24.3 Å². The van der Waals surface area contributed by atoms with Crippen LogP contribution in [0.1, 0.15) is 50.2 Å². The largest absolute Gasteiger partial charge is 0.192 e. The molecule has 5 rings (SSSR count). The van der Waals surface area contributed by atoms with Gasteiger partial charge in [0.25, 0.3) is 0 Å². The zero-order chi connectivity index (χ0) is 15.2. The van der Waals surface area contributed by atoms with Gasteiger partial charge >= 0.3 is 0 Å². The van der Waals surface area contributed by atoms with Crippen molar-refractivity contribution in [3.63, 3.8) is 0 Å². The van der Waals surface area contributed by atoms with Gasteiger partial charge in [0, 0.05) is 0 Å². The molecule has 22 heavy (non-hydrogen) atoms. The molecule has 2 aromatic carbocycles. The van der Waals surface area contributed by atoms with Crippen LogP contribution >= 0.6 is 0 Å². The lowest BCUT2D eigenvalue weighted by atomic mass is 9.32. The highest BCUT2D eigenvalue weighted by atomic mass is 14.7. The number of rotatable bonds is 4. The second-order valence-corrected chi connectivity index (χ2v) is 7.33. The van der Waals surface area contributed by atoms with Crippen molar-refractivity contribution in [2.45, 2.75) is 44.4 Å². The molecule has 2 bridgehead atoms. The minimum Gasteiger partial charge on any atom is -0.192 e. The van der Waals surface area contributed by atoms with Gasteiger partial charge in [-0.3, -0.25) is 0 Å². The second-order valence-electron chi connectivity index (χ2n) is 7.33. The molecule has 3 aliphatic carbocycles. The van der Waals surface area contributed by atoms with Gasteiger partial charge in [-0.2, -0.15) is 5.26 Å². The van der Waals surface area contributed by atoms with Crippen molar-refractivity contribution in [2.24, 2.45) is 5.41 Å². The Morgan fingerprint density at radius 3 is 1.95 bits per heavy atom. The molecule has 3 aliphatic rings. The molecule has 0 N–H and O–H groups in total. The van der Waals surface area contributed by atoms with Crippen LogP contribution in [0.2, 0.25) is 0 Å². The Labute approximate surface area is 132 Å². The lowest BCUT2D eigenvalue weighted by Gasteiger charge is -2.71. The molecule has 2 aromatic rings. The van der Waals surface area contributed by atoms with Gasteiger partial charge in [-0.1, -0.05) is 49.7 Å². The van der Waals surface area contributed by atoms with E-state index < -0.39 is 0 Å². The number of nitrogens with zero attached hydrogens (tertiary/aromatic N) is 1. The molecule has 110 valence electrons. The quantitative estimate of drug-likeness (QED) is 0.733. The first-order chi connectivity index (χ1) is 10.7. The first-order valence-corrected chi connectivity index (χ1v) is 8.30. The Morgan fingerprint density at radius 1 is 0.909 bits per heavy atom. The van der Waals surface area contributed by atoms with E-state index in [2.05, 4.69) is 37.3 Å². The number of hydrogen-bond acceptors (Lipinski definition) is 1. The molecule has 0 heterocycles. The molecule has 1 nitrogen and oxygen atoms in total. The van der Waals surface area contributed by atoms with Gasteiger partial charge in [0.2, 0.25) is 0 Å². The number of nitriles is 1. The van der Waals surface area contributed by atoms with Crippen molar-refractivity contribution in [1.82, 2.24) is 0 Å². The first-order valence-electron chi connectivity index (χ1n) is 8.30. The molecule has 0 unspecified atom stereocenters. The minimum absolute atomic E-state index is 0.512. The van der Waals surface area contributed by atoms with E-state index in [1.165, 1.54) is 48.8 Å². The third kappa shape index (κ3) is 1.91. The van der Waals surface area contributed by atoms with E-state index in [1.54, 1.807) is 0 Å². The molecule has 0 spiro atoms. The zero-order valence-electron chi connectivity index (χ0n) is 13.1. The average Bonchev–Trinajstić information content (AvgIpc) is 2.50. The molecule has 0 aliphatic heterocycles. The maximum Gasteiger partial charge on any atom is 0.0991 e. The third-order valence-corrected chi connectivity index (χ3v) is 5.77. The van der Waals surface area contributed by atoms with E-state index in [-0.39, 0.29) is 0 Å². The molecule has 0 atom stereocenters. The van der Waals surface area contributed by atoms with Gasteiger partial charge in [-0.15, -0.1) is 0 Å². The molecule has 1 heteroatoms. The molecule has 0 radical (unpaired) electrons. The van der Waals surface area contributed by atoms with Crippen LogP contribution in [0.25, 0.3) is 11.1 Å².